The molecule has 0 fully saturated rings. The van der Waals surface area contributed by atoms with E-state index in [0.29, 0.717) is 4.88 Å². The minimum Gasteiger partial charge on any atom is -0.321 e. The average molecular weight is 261 g/mol. The van der Waals surface area contributed by atoms with Gasteiger partial charge in [0, 0.05) is 12.2 Å². The van der Waals surface area contributed by atoms with Crippen LogP contribution in [-0.4, -0.2) is 17.9 Å². The smallest absolute Gasteiger partial charge is 0.267 e. The summed E-state index contributed by atoms with van der Waals surface area (Å²) in [5.74, 6) is -0.100. The van der Waals surface area contributed by atoms with E-state index in [-0.39, 0.29) is 5.91 Å². The Labute approximate surface area is 110 Å². The Kier molecular flexibility index (Phi) is 4.07. The van der Waals surface area contributed by atoms with Gasteiger partial charge < -0.3 is 10.6 Å². The van der Waals surface area contributed by atoms with Gasteiger partial charge in [0.15, 0.2) is 0 Å². The van der Waals surface area contributed by atoms with Gasteiger partial charge in [-0.1, -0.05) is 12.1 Å². The van der Waals surface area contributed by atoms with E-state index in [2.05, 4.69) is 15.6 Å². The van der Waals surface area contributed by atoms with E-state index in [0.717, 1.165) is 23.5 Å². The zero-order valence-electron chi connectivity index (χ0n) is 10.4. The molecule has 0 saturated carbocycles. The molecule has 0 unspecified atom stereocenters. The highest BCUT2D eigenvalue weighted by Gasteiger charge is 2.11. The van der Waals surface area contributed by atoms with Gasteiger partial charge in [-0.05, 0) is 31.7 Å². The number of carbonyl (C=O) groups excluding carboxylic acids is 1. The molecule has 4 nitrogen and oxygen atoms in total. The maximum Gasteiger partial charge on any atom is 0.267 e. The molecule has 5 heteroatoms. The number of hydrogen-bond donors (Lipinski definition) is 2. The van der Waals surface area contributed by atoms with Gasteiger partial charge in [-0.15, -0.1) is 11.3 Å². The summed E-state index contributed by atoms with van der Waals surface area (Å²) in [6.07, 6.45) is 0. The molecule has 94 valence electrons. The first-order valence-corrected chi connectivity index (χ1v) is 6.53. The largest absolute Gasteiger partial charge is 0.321 e. The van der Waals surface area contributed by atoms with Gasteiger partial charge in [-0.3, -0.25) is 4.79 Å². The van der Waals surface area contributed by atoms with E-state index >= 15 is 0 Å². The predicted molar refractivity (Wildman–Crippen MR) is 74.0 cm³/mol. The van der Waals surface area contributed by atoms with Crippen molar-refractivity contribution in [1.82, 2.24) is 10.3 Å². The minimum atomic E-state index is -0.100. The van der Waals surface area contributed by atoms with Crippen molar-refractivity contribution in [3.05, 3.63) is 45.9 Å². The number of aromatic nitrogens is 1. The summed E-state index contributed by atoms with van der Waals surface area (Å²) < 4.78 is 0. The summed E-state index contributed by atoms with van der Waals surface area (Å²) in [5, 5.41) is 5.97. The van der Waals surface area contributed by atoms with Crippen LogP contribution in [-0.2, 0) is 6.54 Å². The molecule has 2 aromatic rings. The SMILES string of the molecule is CNCc1cccc(NC(=O)c2scnc2C)c1. The Morgan fingerprint density at radius 1 is 1.44 bits per heavy atom. The van der Waals surface area contributed by atoms with E-state index in [1.54, 1.807) is 5.51 Å². The molecule has 1 amide bonds. The third-order valence-electron chi connectivity index (χ3n) is 2.52. The second kappa shape index (κ2) is 5.75. The van der Waals surface area contributed by atoms with Crippen LogP contribution in [0.1, 0.15) is 20.9 Å². The Morgan fingerprint density at radius 3 is 2.94 bits per heavy atom. The fourth-order valence-electron chi connectivity index (χ4n) is 1.67. The van der Waals surface area contributed by atoms with E-state index in [1.165, 1.54) is 11.3 Å². The van der Waals surface area contributed by atoms with E-state index in [4.69, 9.17) is 0 Å². The molecule has 0 saturated heterocycles. The number of amides is 1. The quantitative estimate of drug-likeness (QED) is 0.888. The second-order valence-corrected chi connectivity index (χ2v) is 4.81. The van der Waals surface area contributed by atoms with Crippen molar-refractivity contribution in [3.63, 3.8) is 0 Å². The molecular formula is C13H15N3OS. The Balaban J connectivity index is 2.12. The van der Waals surface area contributed by atoms with Crippen molar-refractivity contribution < 1.29 is 4.79 Å². The summed E-state index contributed by atoms with van der Waals surface area (Å²) in [7, 11) is 1.89. The van der Waals surface area contributed by atoms with E-state index < -0.39 is 0 Å². The number of hydrogen-bond acceptors (Lipinski definition) is 4. The van der Waals surface area contributed by atoms with Crippen LogP contribution in [0.4, 0.5) is 5.69 Å². The monoisotopic (exact) mass is 261 g/mol. The van der Waals surface area contributed by atoms with Crippen LogP contribution in [0, 0.1) is 6.92 Å². The van der Waals surface area contributed by atoms with Crippen molar-refractivity contribution >= 4 is 22.9 Å². The van der Waals surface area contributed by atoms with Gasteiger partial charge >= 0.3 is 0 Å². The van der Waals surface area contributed by atoms with Crippen LogP contribution in [0.15, 0.2) is 29.8 Å². The van der Waals surface area contributed by atoms with Crippen LogP contribution in [0.25, 0.3) is 0 Å². The molecule has 0 bridgehead atoms. The third kappa shape index (κ3) is 2.94. The summed E-state index contributed by atoms with van der Waals surface area (Å²) in [5.41, 5.74) is 4.39. The molecule has 1 heterocycles. The number of aryl methyl sites for hydroxylation is 1. The lowest BCUT2D eigenvalue weighted by atomic mass is 10.2. The molecule has 18 heavy (non-hydrogen) atoms. The van der Waals surface area contributed by atoms with Crippen LogP contribution in [0.2, 0.25) is 0 Å². The highest BCUT2D eigenvalue weighted by molar-refractivity contribution is 7.12. The standard InChI is InChI=1S/C13H15N3OS/c1-9-12(18-8-15-9)13(17)16-11-5-3-4-10(6-11)7-14-2/h3-6,8,14H,7H2,1-2H3,(H,16,17). The Hall–Kier alpha value is -1.72. The van der Waals surface area contributed by atoms with Crippen molar-refractivity contribution in [2.75, 3.05) is 12.4 Å². The Morgan fingerprint density at radius 2 is 2.28 bits per heavy atom. The van der Waals surface area contributed by atoms with Gasteiger partial charge in [-0.2, -0.15) is 0 Å². The maximum absolute atomic E-state index is 12.0. The zero-order chi connectivity index (χ0) is 13.0. The van der Waals surface area contributed by atoms with Crippen molar-refractivity contribution in [2.45, 2.75) is 13.5 Å². The first kappa shape index (κ1) is 12.7. The Bertz CT molecular complexity index is 551. The van der Waals surface area contributed by atoms with Crippen LogP contribution >= 0.6 is 11.3 Å². The molecule has 0 spiro atoms. The van der Waals surface area contributed by atoms with Gasteiger partial charge in [0.05, 0.1) is 11.2 Å². The molecule has 0 aliphatic rings. The fraction of sp³-hybridized carbons (Fsp3) is 0.231. The zero-order valence-corrected chi connectivity index (χ0v) is 11.2. The average Bonchev–Trinajstić information content (AvgIpc) is 2.76. The molecule has 0 aliphatic carbocycles. The molecule has 1 aromatic heterocycles. The van der Waals surface area contributed by atoms with Crippen LogP contribution < -0.4 is 10.6 Å². The van der Waals surface area contributed by atoms with Crippen molar-refractivity contribution in [1.29, 1.82) is 0 Å². The molecule has 0 aliphatic heterocycles. The lowest BCUT2D eigenvalue weighted by Gasteiger charge is -2.06. The van der Waals surface area contributed by atoms with Gasteiger partial charge in [0.25, 0.3) is 5.91 Å². The van der Waals surface area contributed by atoms with Crippen LogP contribution in [0.5, 0.6) is 0 Å². The lowest BCUT2D eigenvalue weighted by Crippen LogP contribution is -2.12. The fourth-order valence-corrected chi connectivity index (χ4v) is 2.37. The third-order valence-corrected chi connectivity index (χ3v) is 3.44. The van der Waals surface area contributed by atoms with E-state index in [1.807, 2.05) is 38.2 Å². The molecule has 1 aromatic carbocycles. The maximum atomic E-state index is 12.0. The number of carbonyl (C=O) groups is 1. The highest BCUT2D eigenvalue weighted by Crippen LogP contribution is 2.16. The first-order chi connectivity index (χ1) is 8.70. The number of rotatable bonds is 4. The number of nitrogens with zero attached hydrogens (tertiary/aromatic N) is 1. The topological polar surface area (TPSA) is 54.0 Å². The summed E-state index contributed by atoms with van der Waals surface area (Å²) in [4.78, 5) is 16.7. The number of benzene rings is 1. The molecule has 2 rings (SSSR count). The molecule has 0 radical (unpaired) electrons. The van der Waals surface area contributed by atoms with Gasteiger partial charge in [0.2, 0.25) is 0 Å². The summed E-state index contributed by atoms with van der Waals surface area (Å²) in [6, 6.07) is 7.80. The second-order valence-electron chi connectivity index (χ2n) is 3.95. The van der Waals surface area contributed by atoms with E-state index in [9.17, 15) is 4.79 Å². The lowest BCUT2D eigenvalue weighted by molar-refractivity contribution is 0.103. The number of nitrogens with one attached hydrogen (secondary N) is 2. The normalized spacial score (nSPS) is 10.3. The highest BCUT2D eigenvalue weighted by atomic mass is 32.1. The number of anilines is 1. The summed E-state index contributed by atoms with van der Waals surface area (Å²) in [6.45, 7) is 2.62. The minimum absolute atomic E-state index is 0.100. The van der Waals surface area contributed by atoms with Crippen LogP contribution in [0.3, 0.4) is 0 Å². The van der Waals surface area contributed by atoms with Gasteiger partial charge in [0.1, 0.15) is 4.88 Å². The first-order valence-electron chi connectivity index (χ1n) is 5.65. The van der Waals surface area contributed by atoms with Crippen molar-refractivity contribution in [2.24, 2.45) is 0 Å². The van der Waals surface area contributed by atoms with Crippen molar-refractivity contribution in [3.8, 4) is 0 Å². The summed E-state index contributed by atoms with van der Waals surface area (Å²) >= 11 is 1.36. The predicted octanol–water partition coefficient (Wildman–Crippen LogP) is 2.42. The molecule has 2 N–H and O–H groups in total. The molecular weight excluding hydrogens is 246 g/mol. The van der Waals surface area contributed by atoms with Gasteiger partial charge in [-0.25, -0.2) is 4.98 Å². The number of thiazole rings is 1. The molecule has 0 atom stereocenters.